The van der Waals surface area contributed by atoms with Crippen molar-refractivity contribution in [1.82, 2.24) is 9.78 Å². The van der Waals surface area contributed by atoms with Gasteiger partial charge >= 0.3 is 0 Å². The Morgan fingerprint density at radius 3 is 2.48 bits per heavy atom. The van der Waals surface area contributed by atoms with Crippen molar-refractivity contribution in [3.8, 4) is 11.4 Å². The van der Waals surface area contributed by atoms with Crippen LogP contribution >= 0.6 is 0 Å². The van der Waals surface area contributed by atoms with Gasteiger partial charge in [0.2, 0.25) is 5.78 Å². The van der Waals surface area contributed by atoms with E-state index < -0.39 is 0 Å². The molecule has 3 rings (SSSR count). The monoisotopic (exact) mass is 278 g/mol. The minimum Gasteiger partial charge on any atom is -0.496 e. The second-order valence-electron chi connectivity index (χ2n) is 4.49. The second-order valence-corrected chi connectivity index (χ2v) is 4.49. The number of rotatable bonds is 4. The number of carbonyl (C=O) groups is 1. The zero-order valence-electron chi connectivity index (χ0n) is 11.6. The zero-order chi connectivity index (χ0) is 14.7. The molecule has 0 unspecified atom stereocenters. The average molecular weight is 278 g/mol. The van der Waals surface area contributed by atoms with Crippen LogP contribution in [-0.4, -0.2) is 22.7 Å². The third-order valence-electron chi connectivity index (χ3n) is 3.23. The number of para-hydroxylation sites is 2. The maximum Gasteiger partial charge on any atom is 0.215 e. The minimum absolute atomic E-state index is 0.117. The lowest BCUT2D eigenvalue weighted by Gasteiger charge is -2.09. The molecule has 0 radical (unpaired) electrons. The van der Waals surface area contributed by atoms with Gasteiger partial charge in [0, 0.05) is 0 Å². The van der Waals surface area contributed by atoms with Crippen molar-refractivity contribution in [3.63, 3.8) is 0 Å². The van der Waals surface area contributed by atoms with Crippen LogP contribution in [0.25, 0.3) is 5.69 Å². The molecular weight excluding hydrogens is 264 g/mol. The van der Waals surface area contributed by atoms with Crippen LogP contribution in [0.15, 0.2) is 66.9 Å². The largest absolute Gasteiger partial charge is 0.496 e. The number of aromatic nitrogens is 2. The molecule has 0 spiro atoms. The van der Waals surface area contributed by atoms with Gasteiger partial charge in [0.15, 0.2) is 0 Å². The Kier molecular flexibility index (Phi) is 3.51. The van der Waals surface area contributed by atoms with E-state index in [1.807, 2.05) is 42.5 Å². The predicted molar refractivity (Wildman–Crippen MR) is 80.0 cm³/mol. The molecule has 4 heteroatoms. The molecule has 0 aliphatic carbocycles. The molecule has 104 valence electrons. The first-order valence-electron chi connectivity index (χ1n) is 6.58. The van der Waals surface area contributed by atoms with E-state index in [0.29, 0.717) is 17.0 Å². The summed E-state index contributed by atoms with van der Waals surface area (Å²) in [5.74, 6) is 0.442. The van der Waals surface area contributed by atoms with E-state index >= 15 is 0 Å². The molecule has 0 N–H and O–H groups in total. The van der Waals surface area contributed by atoms with E-state index in [1.165, 1.54) is 0 Å². The molecule has 0 amide bonds. The van der Waals surface area contributed by atoms with Gasteiger partial charge in [-0.3, -0.25) is 4.79 Å². The Balaban J connectivity index is 2.06. The van der Waals surface area contributed by atoms with Crippen LogP contribution in [-0.2, 0) is 0 Å². The topological polar surface area (TPSA) is 44.1 Å². The van der Waals surface area contributed by atoms with Crippen LogP contribution in [0.5, 0.6) is 5.75 Å². The first kappa shape index (κ1) is 13.1. The highest BCUT2D eigenvalue weighted by Crippen LogP contribution is 2.22. The summed E-state index contributed by atoms with van der Waals surface area (Å²) >= 11 is 0. The minimum atomic E-state index is -0.117. The van der Waals surface area contributed by atoms with Gasteiger partial charge in [0.25, 0.3) is 0 Å². The Bertz CT molecular complexity index is 763. The second kappa shape index (κ2) is 5.63. The van der Waals surface area contributed by atoms with Crippen LogP contribution in [0.1, 0.15) is 16.1 Å². The number of ether oxygens (including phenoxy) is 1. The van der Waals surface area contributed by atoms with Crippen LogP contribution in [0.2, 0.25) is 0 Å². The van der Waals surface area contributed by atoms with Crippen molar-refractivity contribution >= 4 is 5.78 Å². The van der Waals surface area contributed by atoms with Crippen molar-refractivity contribution in [1.29, 1.82) is 0 Å². The number of methoxy groups -OCH3 is 1. The van der Waals surface area contributed by atoms with E-state index in [2.05, 4.69) is 5.10 Å². The van der Waals surface area contributed by atoms with Gasteiger partial charge in [-0.1, -0.05) is 30.3 Å². The fourth-order valence-electron chi connectivity index (χ4n) is 2.22. The van der Waals surface area contributed by atoms with Crippen LogP contribution in [0, 0.1) is 0 Å². The predicted octanol–water partition coefficient (Wildman–Crippen LogP) is 3.11. The molecule has 2 aromatic carbocycles. The zero-order valence-corrected chi connectivity index (χ0v) is 11.6. The number of nitrogens with zero attached hydrogens (tertiary/aromatic N) is 2. The van der Waals surface area contributed by atoms with Crippen molar-refractivity contribution in [2.75, 3.05) is 7.11 Å². The summed E-state index contributed by atoms with van der Waals surface area (Å²) in [6, 6.07) is 18.5. The molecule has 0 saturated heterocycles. The first-order valence-corrected chi connectivity index (χ1v) is 6.58. The van der Waals surface area contributed by atoms with Crippen LogP contribution in [0.4, 0.5) is 0 Å². The van der Waals surface area contributed by atoms with Crippen molar-refractivity contribution in [3.05, 3.63) is 78.1 Å². The Hall–Kier alpha value is -2.88. The Morgan fingerprint density at radius 2 is 1.71 bits per heavy atom. The van der Waals surface area contributed by atoms with Gasteiger partial charge in [-0.05, 0) is 30.3 Å². The number of benzene rings is 2. The lowest BCUT2D eigenvalue weighted by atomic mass is 10.1. The SMILES string of the molecule is COc1ccccc1C(=O)c1ccnn1-c1ccccc1. The van der Waals surface area contributed by atoms with Gasteiger partial charge in [0.1, 0.15) is 11.4 Å². The molecule has 0 fully saturated rings. The molecule has 21 heavy (non-hydrogen) atoms. The molecule has 3 aromatic rings. The quantitative estimate of drug-likeness (QED) is 0.689. The standard InChI is InChI=1S/C17H14N2O2/c1-21-16-10-6-5-9-14(16)17(20)15-11-12-18-19(15)13-7-3-2-4-8-13/h2-12H,1H3. The summed E-state index contributed by atoms with van der Waals surface area (Å²) in [5, 5.41) is 4.24. The third kappa shape index (κ3) is 2.43. The summed E-state index contributed by atoms with van der Waals surface area (Å²) < 4.78 is 6.89. The molecule has 0 bridgehead atoms. The summed E-state index contributed by atoms with van der Waals surface area (Å²) in [5.41, 5.74) is 1.88. The number of carbonyl (C=O) groups excluding carboxylic acids is 1. The van der Waals surface area contributed by atoms with Gasteiger partial charge in [0.05, 0.1) is 24.6 Å². The molecule has 0 atom stereocenters. The lowest BCUT2D eigenvalue weighted by Crippen LogP contribution is -2.11. The summed E-state index contributed by atoms with van der Waals surface area (Å²) in [7, 11) is 1.56. The molecular formula is C17H14N2O2. The number of hydrogen-bond donors (Lipinski definition) is 0. The fourth-order valence-corrected chi connectivity index (χ4v) is 2.22. The average Bonchev–Trinajstić information content (AvgIpc) is 3.04. The molecule has 4 nitrogen and oxygen atoms in total. The lowest BCUT2D eigenvalue weighted by molar-refractivity contribution is 0.102. The molecule has 0 saturated carbocycles. The van der Waals surface area contributed by atoms with Crippen LogP contribution in [0.3, 0.4) is 0 Å². The summed E-state index contributed by atoms with van der Waals surface area (Å²) in [6.07, 6.45) is 1.62. The highest BCUT2D eigenvalue weighted by Gasteiger charge is 2.18. The summed E-state index contributed by atoms with van der Waals surface area (Å²) in [6.45, 7) is 0. The van der Waals surface area contributed by atoms with Crippen molar-refractivity contribution < 1.29 is 9.53 Å². The van der Waals surface area contributed by atoms with Crippen molar-refractivity contribution in [2.24, 2.45) is 0 Å². The van der Waals surface area contributed by atoms with Gasteiger partial charge in [-0.25, -0.2) is 4.68 Å². The Morgan fingerprint density at radius 1 is 1.00 bits per heavy atom. The smallest absolute Gasteiger partial charge is 0.215 e. The highest BCUT2D eigenvalue weighted by atomic mass is 16.5. The third-order valence-corrected chi connectivity index (χ3v) is 3.23. The van der Waals surface area contributed by atoms with Gasteiger partial charge in [-0.15, -0.1) is 0 Å². The van der Waals surface area contributed by atoms with E-state index in [0.717, 1.165) is 5.69 Å². The van der Waals surface area contributed by atoms with E-state index in [9.17, 15) is 4.79 Å². The number of hydrogen-bond acceptors (Lipinski definition) is 3. The highest BCUT2D eigenvalue weighted by molar-refractivity contribution is 6.09. The van der Waals surface area contributed by atoms with Gasteiger partial charge < -0.3 is 4.74 Å². The first-order chi connectivity index (χ1) is 10.3. The fraction of sp³-hybridized carbons (Fsp3) is 0.0588. The normalized spacial score (nSPS) is 10.3. The maximum atomic E-state index is 12.7. The molecule has 0 aliphatic rings. The number of ketones is 1. The van der Waals surface area contributed by atoms with Crippen molar-refractivity contribution in [2.45, 2.75) is 0 Å². The molecule has 0 aliphatic heterocycles. The molecule has 1 heterocycles. The molecule has 1 aromatic heterocycles. The van der Waals surface area contributed by atoms with E-state index in [4.69, 9.17) is 4.74 Å². The maximum absolute atomic E-state index is 12.7. The van der Waals surface area contributed by atoms with Gasteiger partial charge in [-0.2, -0.15) is 5.10 Å². The van der Waals surface area contributed by atoms with Crippen LogP contribution < -0.4 is 4.74 Å². The van der Waals surface area contributed by atoms with E-state index in [1.54, 1.807) is 36.2 Å². The summed E-state index contributed by atoms with van der Waals surface area (Å²) in [4.78, 5) is 12.7. The Labute approximate surface area is 122 Å². The van der Waals surface area contributed by atoms with E-state index in [-0.39, 0.29) is 5.78 Å².